The third-order valence-electron chi connectivity index (χ3n) is 4.55. The Labute approximate surface area is 104 Å². The van der Waals surface area contributed by atoms with Gasteiger partial charge in [-0.3, -0.25) is 19.3 Å². The van der Waals surface area contributed by atoms with E-state index in [2.05, 4.69) is 0 Å². The first-order valence-corrected chi connectivity index (χ1v) is 6.51. The molecule has 4 atom stereocenters. The van der Waals surface area contributed by atoms with Crippen LogP contribution in [0.1, 0.15) is 25.7 Å². The summed E-state index contributed by atoms with van der Waals surface area (Å²) in [6.45, 7) is 0.159. The smallest absolute Gasteiger partial charge is 0.233 e. The highest BCUT2D eigenvalue weighted by atomic mass is 35.5. The summed E-state index contributed by atoms with van der Waals surface area (Å²) >= 11 is 5.25. The molecule has 4 nitrogen and oxygen atoms in total. The second-order valence-corrected chi connectivity index (χ2v) is 5.74. The van der Waals surface area contributed by atoms with Crippen LogP contribution in [0.4, 0.5) is 0 Å². The van der Waals surface area contributed by atoms with E-state index in [-0.39, 0.29) is 36.6 Å². The number of likely N-dealkylation sites (tertiary alicyclic amines) is 1. The molecule has 5 heteroatoms. The van der Waals surface area contributed by atoms with Crippen LogP contribution in [-0.4, -0.2) is 28.5 Å². The van der Waals surface area contributed by atoms with Gasteiger partial charge in [0.2, 0.25) is 17.1 Å². The highest BCUT2D eigenvalue weighted by molar-refractivity contribution is 6.63. The molecule has 2 aliphatic carbocycles. The van der Waals surface area contributed by atoms with E-state index in [1.165, 1.54) is 4.90 Å². The molecule has 3 fully saturated rings. The maximum atomic E-state index is 12.2. The van der Waals surface area contributed by atoms with Crippen LogP contribution in [0.25, 0.3) is 0 Å². The largest absolute Gasteiger partial charge is 0.282 e. The van der Waals surface area contributed by atoms with E-state index in [0.29, 0.717) is 11.8 Å². The van der Waals surface area contributed by atoms with Crippen LogP contribution < -0.4 is 0 Å². The minimum Gasteiger partial charge on any atom is -0.282 e. The molecule has 1 saturated heterocycles. The summed E-state index contributed by atoms with van der Waals surface area (Å²) < 4.78 is 0. The maximum absolute atomic E-state index is 12.2. The van der Waals surface area contributed by atoms with Crippen molar-refractivity contribution in [2.75, 3.05) is 6.54 Å². The molecule has 0 aromatic carbocycles. The van der Waals surface area contributed by atoms with E-state index >= 15 is 0 Å². The Kier molecular flexibility index (Phi) is 2.51. The zero-order valence-electron chi connectivity index (χ0n) is 9.39. The Bertz CT molecular complexity index is 381. The Morgan fingerprint density at radius 2 is 1.71 bits per heavy atom. The van der Waals surface area contributed by atoms with Crippen molar-refractivity contribution in [2.24, 2.45) is 23.7 Å². The molecule has 2 amide bonds. The topological polar surface area (TPSA) is 54.5 Å². The summed E-state index contributed by atoms with van der Waals surface area (Å²) in [4.78, 5) is 36.3. The molecule has 0 aromatic heterocycles. The van der Waals surface area contributed by atoms with Gasteiger partial charge >= 0.3 is 0 Å². The predicted molar refractivity (Wildman–Crippen MR) is 60.0 cm³/mol. The van der Waals surface area contributed by atoms with Gasteiger partial charge in [-0.15, -0.1) is 0 Å². The average Bonchev–Trinajstić information content (AvgIpc) is 2.92. The van der Waals surface area contributed by atoms with E-state index in [4.69, 9.17) is 11.6 Å². The Morgan fingerprint density at radius 3 is 2.18 bits per heavy atom. The maximum Gasteiger partial charge on any atom is 0.233 e. The first-order chi connectivity index (χ1) is 8.09. The fourth-order valence-electron chi connectivity index (χ4n) is 3.89. The normalized spacial score (nSPS) is 39.0. The molecule has 17 heavy (non-hydrogen) atoms. The molecule has 0 unspecified atom stereocenters. The molecule has 1 heterocycles. The fourth-order valence-corrected chi connectivity index (χ4v) is 3.98. The van der Waals surface area contributed by atoms with Crippen molar-refractivity contribution >= 4 is 28.7 Å². The molecule has 92 valence electrons. The average molecular weight is 256 g/mol. The third kappa shape index (κ3) is 1.53. The number of rotatable bonds is 3. The van der Waals surface area contributed by atoms with Crippen molar-refractivity contribution in [3.63, 3.8) is 0 Å². The van der Waals surface area contributed by atoms with Gasteiger partial charge in [-0.2, -0.15) is 0 Å². The number of hydrogen-bond donors (Lipinski definition) is 0. The van der Waals surface area contributed by atoms with Gasteiger partial charge < -0.3 is 0 Å². The van der Waals surface area contributed by atoms with Gasteiger partial charge in [0, 0.05) is 13.0 Å². The van der Waals surface area contributed by atoms with Crippen LogP contribution >= 0.6 is 11.6 Å². The van der Waals surface area contributed by atoms with Gasteiger partial charge in [0.05, 0.1) is 11.8 Å². The van der Waals surface area contributed by atoms with Crippen molar-refractivity contribution in [2.45, 2.75) is 25.7 Å². The van der Waals surface area contributed by atoms with E-state index in [0.717, 1.165) is 19.3 Å². The molecular weight excluding hydrogens is 242 g/mol. The zero-order chi connectivity index (χ0) is 12.2. The van der Waals surface area contributed by atoms with Crippen LogP contribution in [0.5, 0.6) is 0 Å². The van der Waals surface area contributed by atoms with Crippen LogP contribution in [0.2, 0.25) is 0 Å². The van der Waals surface area contributed by atoms with Crippen LogP contribution in [0.15, 0.2) is 0 Å². The van der Waals surface area contributed by atoms with Crippen LogP contribution in [-0.2, 0) is 14.4 Å². The van der Waals surface area contributed by atoms with Crippen molar-refractivity contribution in [3.05, 3.63) is 0 Å². The lowest BCUT2D eigenvalue weighted by molar-refractivity contribution is -0.140. The number of imide groups is 1. The fraction of sp³-hybridized carbons (Fsp3) is 0.750. The summed E-state index contributed by atoms with van der Waals surface area (Å²) in [7, 11) is 0. The standard InChI is InChI=1S/C12H14ClNO3/c13-8(15)3-4-14-11(16)9-6-1-2-7(5-6)10(9)12(14)17/h6-7,9-10H,1-5H2/t6-,7-,9-,10-/m0/s1. The van der Waals surface area contributed by atoms with Crippen LogP contribution in [0, 0.1) is 23.7 Å². The summed E-state index contributed by atoms with van der Waals surface area (Å²) in [6.07, 6.45) is 3.25. The van der Waals surface area contributed by atoms with E-state index < -0.39 is 5.24 Å². The highest BCUT2D eigenvalue weighted by Crippen LogP contribution is 2.56. The molecule has 1 aliphatic heterocycles. The number of halogens is 1. The minimum absolute atomic E-state index is 0.0633. The first-order valence-electron chi connectivity index (χ1n) is 6.13. The van der Waals surface area contributed by atoms with Crippen molar-refractivity contribution in [1.29, 1.82) is 0 Å². The van der Waals surface area contributed by atoms with Gasteiger partial charge in [0.1, 0.15) is 0 Å². The van der Waals surface area contributed by atoms with Gasteiger partial charge in [-0.05, 0) is 42.7 Å². The van der Waals surface area contributed by atoms with E-state index in [1.807, 2.05) is 0 Å². The van der Waals surface area contributed by atoms with Gasteiger partial charge in [0.25, 0.3) is 0 Å². The molecule has 0 radical (unpaired) electrons. The molecule has 0 spiro atoms. The minimum atomic E-state index is -0.495. The van der Waals surface area contributed by atoms with E-state index in [1.54, 1.807) is 0 Å². The lowest BCUT2D eigenvalue weighted by Crippen LogP contribution is -2.34. The molecule has 3 rings (SSSR count). The number of amides is 2. The van der Waals surface area contributed by atoms with Gasteiger partial charge in [0.15, 0.2) is 0 Å². The van der Waals surface area contributed by atoms with E-state index in [9.17, 15) is 14.4 Å². The molecule has 0 N–H and O–H groups in total. The zero-order valence-corrected chi connectivity index (χ0v) is 10.2. The van der Waals surface area contributed by atoms with Crippen molar-refractivity contribution < 1.29 is 14.4 Å². The van der Waals surface area contributed by atoms with Crippen molar-refractivity contribution in [3.8, 4) is 0 Å². The number of hydrogen-bond acceptors (Lipinski definition) is 3. The quantitative estimate of drug-likeness (QED) is 0.562. The third-order valence-corrected chi connectivity index (χ3v) is 4.74. The Morgan fingerprint density at radius 1 is 1.18 bits per heavy atom. The number of fused-ring (bicyclic) bond motifs is 5. The summed E-state index contributed by atoms with van der Waals surface area (Å²) in [5, 5.41) is -0.495. The lowest BCUT2D eigenvalue weighted by atomic mass is 9.81. The number of nitrogens with zero attached hydrogens (tertiary/aromatic N) is 1. The summed E-state index contributed by atoms with van der Waals surface area (Å²) in [6, 6.07) is 0. The molecular formula is C12H14ClNO3. The van der Waals surface area contributed by atoms with Crippen molar-refractivity contribution in [1.82, 2.24) is 4.90 Å². The van der Waals surface area contributed by atoms with Crippen LogP contribution in [0.3, 0.4) is 0 Å². The summed E-state index contributed by atoms with van der Waals surface area (Å²) in [5.74, 6) is 0.491. The number of carbonyl (C=O) groups is 3. The van der Waals surface area contributed by atoms with Gasteiger partial charge in [-0.1, -0.05) is 0 Å². The lowest BCUT2D eigenvalue weighted by Gasteiger charge is -2.19. The Balaban J connectivity index is 1.78. The predicted octanol–water partition coefficient (Wildman–Crippen LogP) is 1.17. The molecule has 2 bridgehead atoms. The SMILES string of the molecule is O=C(Cl)CCN1C(=O)[C@H]2[C@H]3CC[C@@H](C3)[C@@H]2C1=O. The van der Waals surface area contributed by atoms with Gasteiger partial charge in [-0.25, -0.2) is 0 Å². The second-order valence-electron chi connectivity index (χ2n) is 5.32. The second kappa shape index (κ2) is 3.80. The molecule has 2 saturated carbocycles. The molecule has 3 aliphatic rings. The number of carbonyl (C=O) groups excluding carboxylic acids is 3. The Hall–Kier alpha value is -0.900. The first kappa shape index (κ1) is 11.2. The summed E-state index contributed by atoms with van der Waals surface area (Å²) in [5.41, 5.74) is 0. The highest BCUT2D eigenvalue weighted by Gasteiger charge is 2.60. The monoisotopic (exact) mass is 255 g/mol. The molecule has 0 aromatic rings.